The minimum Gasteiger partial charge on any atom is -0.298 e. The first-order valence-corrected chi connectivity index (χ1v) is 11.2. The molecule has 29 heavy (non-hydrogen) atoms. The van der Waals surface area contributed by atoms with E-state index in [4.69, 9.17) is 4.98 Å². The Bertz CT molecular complexity index is 1190. The lowest BCUT2D eigenvalue weighted by Crippen LogP contribution is -2.23. The predicted octanol–water partition coefficient (Wildman–Crippen LogP) is 4.25. The summed E-state index contributed by atoms with van der Waals surface area (Å²) in [6.07, 6.45) is 7.12. The maximum absolute atomic E-state index is 11.7. The van der Waals surface area contributed by atoms with Crippen LogP contribution in [0.1, 0.15) is 28.4 Å². The summed E-state index contributed by atoms with van der Waals surface area (Å²) in [5, 5.41) is 0. The minimum absolute atomic E-state index is 0.0625. The molecule has 0 saturated heterocycles. The third kappa shape index (κ3) is 4.09. The first-order chi connectivity index (χ1) is 13.8. The molecule has 0 fully saturated rings. The van der Waals surface area contributed by atoms with Crippen LogP contribution in [0.3, 0.4) is 0 Å². The summed E-state index contributed by atoms with van der Waals surface area (Å²) in [5.41, 5.74) is 6.80. The fraction of sp³-hybridized carbons (Fsp3) is 0.174. The first-order valence-electron chi connectivity index (χ1n) is 9.33. The molecule has 1 N–H and O–H groups in total. The fourth-order valence-corrected chi connectivity index (χ4v) is 4.33. The SMILES string of the molecule is CN(C)C1c2cc(NS(C)(=O)=O)ccc2C=Cc2ncc(-c3ccccc3)cc21. The summed E-state index contributed by atoms with van der Waals surface area (Å²) in [4.78, 5) is 6.86. The number of pyridine rings is 1. The van der Waals surface area contributed by atoms with E-state index in [2.05, 4.69) is 27.8 Å². The van der Waals surface area contributed by atoms with Crippen molar-refractivity contribution in [3.05, 3.63) is 83.2 Å². The van der Waals surface area contributed by atoms with Gasteiger partial charge in [0.1, 0.15) is 0 Å². The molecule has 5 nitrogen and oxygen atoms in total. The van der Waals surface area contributed by atoms with Gasteiger partial charge in [0, 0.05) is 23.0 Å². The van der Waals surface area contributed by atoms with Gasteiger partial charge in [-0.25, -0.2) is 8.42 Å². The number of rotatable bonds is 4. The van der Waals surface area contributed by atoms with Crippen LogP contribution in [-0.2, 0) is 10.0 Å². The Kier molecular flexibility index (Phi) is 4.98. The maximum atomic E-state index is 11.7. The third-order valence-corrected chi connectivity index (χ3v) is 5.58. The lowest BCUT2D eigenvalue weighted by molar-refractivity contribution is 0.341. The van der Waals surface area contributed by atoms with Crippen LogP contribution in [0.2, 0.25) is 0 Å². The number of hydrogen-bond donors (Lipinski definition) is 1. The molecule has 1 aliphatic rings. The van der Waals surface area contributed by atoms with Crippen molar-refractivity contribution in [3.8, 4) is 11.1 Å². The van der Waals surface area contributed by atoms with E-state index in [0.29, 0.717) is 5.69 Å². The molecule has 0 bridgehead atoms. The summed E-state index contributed by atoms with van der Waals surface area (Å²) >= 11 is 0. The Morgan fingerprint density at radius 1 is 0.931 bits per heavy atom. The zero-order valence-electron chi connectivity index (χ0n) is 16.6. The van der Waals surface area contributed by atoms with Crippen molar-refractivity contribution < 1.29 is 8.42 Å². The summed E-state index contributed by atoms with van der Waals surface area (Å²) in [6, 6.07) is 17.9. The van der Waals surface area contributed by atoms with Crippen LogP contribution in [0.4, 0.5) is 5.69 Å². The summed E-state index contributed by atoms with van der Waals surface area (Å²) in [7, 11) is 0.699. The molecular weight excluding hydrogens is 382 g/mol. The zero-order chi connectivity index (χ0) is 20.6. The number of nitrogens with zero attached hydrogens (tertiary/aromatic N) is 2. The number of fused-ring (bicyclic) bond motifs is 2. The van der Waals surface area contributed by atoms with Crippen molar-refractivity contribution in [2.24, 2.45) is 0 Å². The lowest BCUT2D eigenvalue weighted by atomic mass is 9.92. The van der Waals surface area contributed by atoms with E-state index in [1.165, 1.54) is 0 Å². The van der Waals surface area contributed by atoms with Crippen LogP contribution < -0.4 is 4.72 Å². The molecule has 0 radical (unpaired) electrons. The van der Waals surface area contributed by atoms with Gasteiger partial charge >= 0.3 is 0 Å². The van der Waals surface area contributed by atoms with Crippen molar-refractivity contribution in [2.45, 2.75) is 6.04 Å². The van der Waals surface area contributed by atoms with Gasteiger partial charge in [-0.2, -0.15) is 0 Å². The van der Waals surface area contributed by atoms with Crippen LogP contribution >= 0.6 is 0 Å². The Morgan fingerprint density at radius 3 is 2.38 bits per heavy atom. The minimum atomic E-state index is -3.35. The number of sulfonamides is 1. The van der Waals surface area contributed by atoms with Crippen LogP contribution in [-0.4, -0.2) is 38.7 Å². The highest BCUT2D eigenvalue weighted by Crippen LogP contribution is 2.38. The van der Waals surface area contributed by atoms with Crippen molar-refractivity contribution in [1.29, 1.82) is 0 Å². The molecule has 1 aliphatic carbocycles. The van der Waals surface area contributed by atoms with Gasteiger partial charge < -0.3 is 0 Å². The van der Waals surface area contributed by atoms with E-state index in [-0.39, 0.29) is 6.04 Å². The van der Waals surface area contributed by atoms with E-state index in [0.717, 1.165) is 39.8 Å². The van der Waals surface area contributed by atoms with E-state index >= 15 is 0 Å². The van der Waals surface area contributed by atoms with Crippen LogP contribution in [0.5, 0.6) is 0 Å². The fourth-order valence-electron chi connectivity index (χ4n) is 3.77. The topological polar surface area (TPSA) is 62.3 Å². The van der Waals surface area contributed by atoms with Gasteiger partial charge in [0.05, 0.1) is 18.0 Å². The van der Waals surface area contributed by atoms with E-state index in [1.54, 1.807) is 6.07 Å². The van der Waals surface area contributed by atoms with Crippen molar-refractivity contribution in [2.75, 3.05) is 25.1 Å². The van der Waals surface area contributed by atoms with Gasteiger partial charge in [0.2, 0.25) is 10.0 Å². The van der Waals surface area contributed by atoms with Crippen molar-refractivity contribution >= 4 is 27.9 Å². The Hall–Kier alpha value is -2.96. The average molecular weight is 406 g/mol. The highest BCUT2D eigenvalue weighted by Gasteiger charge is 2.25. The second-order valence-corrected chi connectivity index (χ2v) is 9.23. The van der Waals surface area contributed by atoms with E-state index in [9.17, 15) is 8.42 Å². The smallest absolute Gasteiger partial charge is 0.229 e. The molecule has 1 aromatic heterocycles. The Morgan fingerprint density at radius 2 is 1.69 bits per heavy atom. The van der Waals surface area contributed by atoms with Crippen molar-refractivity contribution in [1.82, 2.24) is 9.88 Å². The van der Waals surface area contributed by atoms with E-state index in [1.807, 2.05) is 62.8 Å². The Labute approximate surface area is 171 Å². The van der Waals surface area contributed by atoms with Crippen LogP contribution in [0.15, 0.2) is 60.8 Å². The van der Waals surface area contributed by atoms with Gasteiger partial charge in [-0.15, -0.1) is 0 Å². The number of anilines is 1. The summed E-state index contributed by atoms with van der Waals surface area (Å²) in [6.45, 7) is 0. The normalized spacial score (nSPS) is 15.5. The molecule has 0 spiro atoms. The highest BCUT2D eigenvalue weighted by molar-refractivity contribution is 7.92. The zero-order valence-corrected chi connectivity index (χ0v) is 17.4. The monoisotopic (exact) mass is 405 g/mol. The standard InChI is InChI=1S/C23H23N3O2S/c1-26(2)23-20-14-19(25-29(3,27)28)11-9-17(20)10-12-22-21(23)13-18(15-24-22)16-7-5-4-6-8-16/h4-15,23,25H,1-3H3. The molecule has 1 atom stereocenters. The predicted molar refractivity (Wildman–Crippen MR) is 119 cm³/mol. The lowest BCUT2D eigenvalue weighted by Gasteiger charge is -2.27. The molecule has 0 saturated carbocycles. The molecular formula is C23H23N3O2S. The van der Waals surface area contributed by atoms with Gasteiger partial charge in [-0.1, -0.05) is 42.5 Å². The number of aromatic nitrogens is 1. The molecule has 0 amide bonds. The second kappa shape index (κ2) is 7.46. The highest BCUT2D eigenvalue weighted by atomic mass is 32.2. The van der Waals surface area contributed by atoms with Crippen LogP contribution in [0, 0.1) is 0 Å². The second-order valence-electron chi connectivity index (χ2n) is 7.48. The molecule has 4 rings (SSSR count). The largest absolute Gasteiger partial charge is 0.298 e. The molecule has 1 heterocycles. The number of hydrogen-bond acceptors (Lipinski definition) is 4. The molecule has 1 unspecified atom stereocenters. The molecule has 0 aliphatic heterocycles. The Balaban J connectivity index is 1.87. The quantitative estimate of drug-likeness (QED) is 0.705. The van der Waals surface area contributed by atoms with Crippen molar-refractivity contribution in [3.63, 3.8) is 0 Å². The summed E-state index contributed by atoms with van der Waals surface area (Å²) in [5.74, 6) is 0. The van der Waals surface area contributed by atoms with Crippen LogP contribution in [0.25, 0.3) is 23.3 Å². The first kappa shape index (κ1) is 19.4. The molecule has 6 heteroatoms. The third-order valence-electron chi connectivity index (χ3n) is 4.97. The average Bonchev–Trinajstić information content (AvgIpc) is 2.83. The van der Waals surface area contributed by atoms with Gasteiger partial charge in [0.25, 0.3) is 0 Å². The molecule has 148 valence electrons. The summed E-state index contributed by atoms with van der Waals surface area (Å²) < 4.78 is 26.0. The number of nitrogens with one attached hydrogen (secondary N) is 1. The maximum Gasteiger partial charge on any atom is 0.229 e. The van der Waals surface area contributed by atoms with E-state index < -0.39 is 10.0 Å². The number of benzene rings is 2. The van der Waals surface area contributed by atoms with Gasteiger partial charge in [-0.05, 0) is 55.1 Å². The van der Waals surface area contributed by atoms with Gasteiger partial charge in [-0.3, -0.25) is 14.6 Å². The van der Waals surface area contributed by atoms with Gasteiger partial charge in [0.15, 0.2) is 0 Å². The molecule has 3 aromatic rings. The molecule has 2 aromatic carbocycles.